The molecule has 8 heteroatoms. The minimum absolute atomic E-state index is 0.329. The lowest BCUT2D eigenvalue weighted by molar-refractivity contribution is 0.177. The summed E-state index contributed by atoms with van der Waals surface area (Å²) in [6, 6.07) is 0.329. The quantitative estimate of drug-likeness (QED) is 0.446. The fourth-order valence-corrected chi connectivity index (χ4v) is 2.63. The summed E-state index contributed by atoms with van der Waals surface area (Å²) in [5, 5.41) is 11.3. The standard InChI is InChI=1S/C13H24N6OS/c1-14-13(15-6-7-21-3)16-10-4-5-12-17-11(9-20-2)18-19(12)8-10/h10H,4-9H2,1-3H3,(H2,14,15,16). The van der Waals surface area contributed by atoms with E-state index in [9.17, 15) is 0 Å². The van der Waals surface area contributed by atoms with Gasteiger partial charge in [-0.3, -0.25) is 4.99 Å². The van der Waals surface area contributed by atoms with Crippen LogP contribution < -0.4 is 10.6 Å². The first-order valence-electron chi connectivity index (χ1n) is 7.14. The van der Waals surface area contributed by atoms with Gasteiger partial charge in [-0.1, -0.05) is 0 Å². The third-order valence-corrected chi connectivity index (χ3v) is 3.95. The van der Waals surface area contributed by atoms with Gasteiger partial charge in [0.25, 0.3) is 0 Å². The van der Waals surface area contributed by atoms with Gasteiger partial charge in [-0.05, 0) is 12.7 Å². The van der Waals surface area contributed by atoms with Crippen molar-refractivity contribution in [2.45, 2.75) is 32.0 Å². The van der Waals surface area contributed by atoms with Crippen molar-refractivity contribution in [1.29, 1.82) is 0 Å². The first-order chi connectivity index (χ1) is 10.3. The lowest BCUT2D eigenvalue weighted by Gasteiger charge is -2.25. The summed E-state index contributed by atoms with van der Waals surface area (Å²) >= 11 is 1.82. The number of fused-ring (bicyclic) bond motifs is 1. The number of guanidine groups is 1. The number of rotatable bonds is 6. The van der Waals surface area contributed by atoms with Crippen molar-refractivity contribution in [3.8, 4) is 0 Å². The summed E-state index contributed by atoms with van der Waals surface area (Å²) in [5.74, 6) is 3.73. The smallest absolute Gasteiger partial charge is 0.191 e. The van der Waals surface area contributed by atoms with Crippen molar-refractivity contribution in [2.24, 2.45) is 4.99 Å². The average molecular weight is 312 g/mol. The summed E-state index contributed by atoms with van der Waals surface area (Å²) in [7, 11) is 3.46. The van der Waals surface area contributed by atoms with Crippen LogP contribution in [0.1, 0.15) is 18.1 Å². The molecule has 2 N–H and O–H groups in total. The van der Waals surface area contributed by atoms with Crippen molar-refractivity contribution >= 4 is 17.7 Å². The molecule has 0 radical (unpaired) electrons. The van der Waals surface area contributed by atoms with Crippen molar-refractivity contribution in [3.63, 3.8) is 0 Å². The molecule has 0 saturated carbocycles. The largest absolute Gasteiger partial charge is 0.377 e. The maximum absolute atomic E-state index is 5.08. The molecule has 0 bridgehead atoms. The van der Waals surface area contributed by atoms with E-state index in [4.69, 9.17) is 4.74 Å². The highest BCUT2D eigenvalue weighted by Crippen LogP contribution is 2.13. The zero-order valence-corrected chi connectivity index (χ0v) is 13.7. The van der Waals surface area contributed by atoms with Crippen molar-refractivity contribution in [3.05, 3.63) is 11.6 Å². The molecule has 0 aliphatic carbocycles. The highest BCUT2D eigenvalue weighted by atomic mass is 32.2. The zero-order chi connectivity index (χ0) is 15.1. The van der Waals surface area contributed by atoms with E-state index >= 15 is 0 Å². The number of aryl methyl sites for hydroxylation is 1. The Hall–Kier alpha value is -1.28. The summed E-state index contributed by atoms with van der Waals surface area (Å²) in [6.45, 7) is 2.20. The fourth-order valence-electron chi connectivity index (χ4n) is 2.33. The van der Waals surface area contributed by atoms with E-state index in [1.165, 1.54) is 0 Å². The molecule has 1 aliphatic heterocycles. The maximum atomic E-state index is 5.08. The first-order valence-corrected chi connectivity index (χ1v) is 8.54. The Labute approximate surface area is 129 Å². The normalized spacial score (nSPS) is 18.4. The SMILES string of the molecule is CN=C(NCCSC)NC1CCc2nc(COC)nn2C1. The second-order valence-corrected chi connectivity index (χ2v) is 5.92. The monoisotopic (exact) mass is 312 g/mol. The van der Waals surface area contributed by atoms with E-state index in [-0.39, 0.29) is 0 Å². The van der Waals surface area contributed by atoms with Crippen LogP contribution in [0.4, 0.5) is 0 Å². The molecule has 21 heavy (non-hydrogen) atoms. The number of aromatic nitrogens is 3. The van der Waals surface area contributed by atoms with Gasteiger partial charge < -0.3 is 15.4 Å². The molecule has 2 heterocycles. The van der Waals surface area contributed by atoms with Crippen molar-refractivity contribution in [2.75, 3.05) is 32.7 Å². The molecule has 1 atom stereocenters. The number of hydrogen-bond donors (Lipinski definition) is 2. The number of thioether (sulfide) groups is 1. The number of nitrogens with one attached hydrogen (secondary N) is 2. The molecule has 7 nitrogen and oxygen atoms in total. The van der Waals surface area contributed by atoms with Gasteiger partial charge in [0.2, 0.25) is 0 Å². The van der Waals surface area contributed by atoms with Gasteiger partial charge in [-0.25, -0.2) is 9.67 Å². The van der Waals surface area contributed by atoms with Crippen LogP contribution in [-0.4, -0.2) is 59.5 Å². The second kappa shape index (κ2) is 8.23. The lowest BCUT2D eigenvalue weighted by atomic mass is 10.1. The molecular formula is C13H24N6OS. The number of aliphatic imine (C=N–C) groups is 1. The van der Waals surface area contributed by atoms with E-state index in [1.54, 1.807) is 14.2 Å². The summed E-state index contributed by atoms with van der Waals surface area (Å²) in [4.78, 5) is 8.75. The van der Waals surface area contributed by atoms with Gasteiger partial charge in [-0.2, -0.15) is 16.9 Å². The molecule has 0 spiro atoms. The molecule has 0 amide bonds. The number of methoxy groups -OCH3 is 1. The molecule has 1 aromatic heterocycles. The van der Waals surface area contributed by atoms with Crippen LogP contribution in [0.3, 0.4) is 0 Å². The Morgan fingerprint density at radius 2 is 2.43 bits per heavy atom. The summed E-state index contributed by atoms with van der Waals surface area (Å²) < 4.78 is 7.06. The molecule has 118 valence electrons. The maximum Gasteiger partial charge on any atom is 0.191 e. The van der Waals surface area contributed by atoms with Crippen molar-refractivity contribution < 1.29 is 4.74 Å². The van der Waals surface area contributed by atoms with Crippen LogP contribution in [0.5, 0.6) is 0 Å². The highest BCUT2D eigenvalue weighted by Gasteiger charge is 2.22. The minimum Gasteiger partial charge on any atom is -0.377 e. The molecule has 1 unspecified atom stereocenters. The van der Waals surface area contributed by atoms with Crippen LogP contribution in [0, 0.1) is 0 Å². The summed E-state index contributed by atoms with van der Waals surface area (Å²) in [6.07, 6.45) is 4.06. The molecule has 2 rings (SSSR count). The van der Waals surface area contributed by atoms with Gasteiger partial charge in [0.15, 0.2) is 11.8 Å². The Morgan fingerprint density at radius 3 is 3.14 bits per heavy atom. The Balaban J connectivity index is 1.88. The topological polar surface area (TPSA) is 76.4 Å². The molecule has 1 aromatic rings. The van der Waals surface area contributed by atoms with Crippen LogP contribution in [0.15, 0.2) is 4.99 Å². The third kappa shape index (κ3) is 4.60. The third-order valence-electron chi connectivity index (χ3n) is 3.34. The predicted octanol–water partition coefficient (Wildman–Crippen LogP) is 0.267. The van der Waals surface area contributed by atoms with Crippen LogP contribution >= 0.6 is 11.8 Å². The Morgan fingerprint density at radius 1 is 1.57 bits per heavy atom. The van der Waals surface area contributed by atoms with Crippen LogP contribution in [-0.2, 0) is 24.3 Å². The van der Waals surface area contributed by atoms with Gasteiger partial charge in [0.05, 0.1) is 6.54 Å². The fraction of sp³-hybridized carbons (Fsp3) is 0.769. The van der Waals surface area contributed by atoms with Gasteiger partial charge in [0.1, 0.15) is 12.4 Å². The lowest BCUT2D eigenvalue weighted by Crippen LogP contribution is -2.47. The summed E-state index contributed by atoms with van der Waals surface area (Å²) in [5.41, 5.74) is 0. The second-order valence-electron chi connectivity index (χ2n) is 4.93. The average Bonchev–Trinajstić information content (AvgIpc) is 2.88. The van der Waals surface area contributed by atoms with E-state index in [0.717, 1.165) is 49.3 Å². The van der Waals surface area contributed by atoms with Crippen molar-refractivity contribution in [1.82, 2.24) is 25.4 Å². The predicted molar refractivity (Wildman–Crippen MR) is 85.7 cm³/mol. The highest BCUT2D eigenvalue weighted by molar-refractivity contribution is 7.98. The zero-order valence-electron chi connectivity index (χ0n) is 12.9. The van der Waals surface area contributed by atoms with E-state index < -0.39 is 0 Å². The molecule has 0 fully saturated rings. The minimum atomic E-state index is 0.329. The van der Waals surface area contributed by atoms with Gasteiger partial charge in [0, 0.05) is 38.9 Å². The first kappa shape index (κ1) is 16.1. The molecule has 1 aliphatic rings. The van der Waals surface area contributed by atoms with E-state index in [0.29, 0.717) is 12.6 Å². The van der Waals surface area contributed by atoms with Gasteiger partial charge in [-0.15, -0.1) is 0 Å². The number of ether oxygens (including phenoxy) is 1. The Bertz CT molecular complexity index is 475. The van der Waals surface area contributed by atoms with E-state index in [2.05, 4.69) is 32.0 Å². The molecular weight excluding hydrogens is 288 g/mol. The van der Waals surface area contributed by atoms with E-state index in [1.807, 2.05) is 16.4 Å². The number of hydrogen-bond acceptors (Lipinski definition) is 5. The molecule has 0 aromatic carbocycles. The van der Waals surface area contributed by atoms with Crippen LogP contribution in [0.2, 0.25) is 0 Å². The van der Waals surface area contributed by atoms with Gasteiger partial charge >= 0.3 is 0 Å². The van der Waals surface area contributed by atoms with Crippen LogP contribution in [0.25, 0.3) is 0 Å². The number of nitrogens with zero attached hydrogens (tertiary/aromatic N) is 4. The molecule has 0 saturated heterocycles. The Kier molecular flexibility index (Phi) is 6.31.